The lowest BCUT2D eigenvalue weighted by molar-refractivity contribution is -0.119. The summed E-state index contributed by atoms with van der Waals surface area (Å²) in [5.74, 6) is -0.361. The Morgan fingerprint density at radius 3 is 2.69 bits per heavy atom. The van der Waals surface area contributed by atoms with Gasteiger partial charge in [-0.05, 0) is 57.4 Å². The van der Waals surface area contributed by atoms with Crippen molar-refractivity contribution in [1.82, 2.24) is 9.47 Å². The molecule has 1 aliphatic rings. The van der Waals surface area contributed by atoms with Crippen molar-refractivity contribution in [2.24, 2.45) is 5.73 Å². The molecule has 3 rings (SSSR count). The highest BCUT2D eigenvalue weighted by Crippen LogP contribution is 2.27. The minimum Gasteiger partial charge on any atom is -0.370 e. The third-order valence-corrected chi connectivity index (χ3v) is 5.55. The Morgan fingerprint density at radius 1 is 1.23 bits per heavy atom. The van der Waals surface area contributed by atoms with Crippen LogP contribution in [0.1, 0.15) is 47.4 Å². The summed E-state index contributed by atoms with van der Waals surface area (Å²) in [6.07, 6.45) is 3.05. The van der Waals surface area contributed by atoms with Crippen molar-refractivity contribution in [3.05, 3.63) is 51.8 Å². The number of rotatable bonds is 4. The van der Waals surface area contributed by atoms with Crippen LogP contribution in [-0.4, -0.2) is 33.9 Å². The molecule has 1 fully saturated rings. The second-order valence-corrected chi connectivity index (χ2v) is 7.83. The van der Waals surface area contributed by atoms with E-state index in [2.05, 4.69) is 20.5 Å². The molecule has 2 amide bonds. The van der Waals surface area contributed by atoms with Gasteiger partial charge < -0.3 is 15.2 Å². The highest BCUT2D eigenvalue weighted by Gasteiger charge is 2.30. The third-order valence-electron chi connectivity index (χ3n) is 5.05. The van der Waals surface area contributed by atoms with Gasteiger partial charge in [-0.25, -0.2) is 0 Å². The number of likely N-dealkylation sites (tertiary alicyclic amines) is 1. The van der Waals surface area contributed by atoms with Gasteiger partial charge in [0, 0.05) is 40.6 Å². The minimum atomic E-state index is -0.352. The second kappa shape index (κ2) is 7.66. The molecule has 138 valence electrons. The summed E-state index contributed by atoms with van der Waals surface area (Å²) in [7, 11) is 0. The van der Waals surface area contributed by atoms with Crippen LogP contribution in [-0.2, 0) is 4.79 Å². The predicted molar refractivity (Wildman–Crippen MR) is 105 cm³/mol. The maximum absolute atomic E-state index is 13.2. The monoisotopic (exact) mass is 417 g/mol. The summed E-state index contributed by atoms with van der Waals surface area (Å²) < 4.78 is 3.08. The number of nitrogens with zero attached hydrogens (tertiary/aromatic N) is 2. The summed E-state index contributed by atoms with van der Waals surface area (Å²) in [4.78, 5) is 26.5. The molecule has 1 aliphatic heterocycles. The zero-order valence-electron chi connectivity index (χ0n) is 15.2. The standard InChI is InChI=1S/C20H24BrN3O2/c1-13-10-18(14(2)24(13)17-8-5-6-15(21)11-17)20(26)23-9-4-3-7-16(23)12-19(22)25/h5-6,8,10-11,16H,3-4,7,9,12H2,1-2H3,(H2,22,25). The lowest BCUT2D eigenvalue weighted by atomic mass is 9.98. The molecule has 6 heteroatoms. The average Bonchev–Trinajstić information content (AvgIpc) is 2.89. The van der Waals surface area contributed by atoms with E-state index in [0.29, 0.717) is 12.1 Å². The van der Waals surface area contributed by atoms with Crippen LogP contribution < -0.4 is 5.73 Å². The van der Waals surface area contributed by atoms with E-state index in [4.69, 9.17) is 5.73 Å². The van der Waals surface area contributed by atoms with E-state index in [-0.39, 0.29) is 24.3 Å². The van der Waals surface area contributed by atoms with E-state index in [1.165, 1.54) is 0 Å². The van der Waals surface area contributed by atoms with Crippen molar-refractivity contribution in [1.29, 1.82) is 0 Å². The third kappa shape index (κ3) is 3.70. The maximum atomic E-state index is 13.2. The van der Waals surface area contributed by atoms with Crippen molar-refractivity contribution in [3.63, 3.8) is 0 Å². The largest absolute Gasteiger partial charge is 0.370 e. The van der Waals surface area contributed by atoms with Crippen molar-refractivity contribution < 1.29 is 9.59 Å². The maximum Gasteiger partial charge on any atom is 0.255 e. The highest BCUT2D eigenvalue weighted by molar-refractivity contribution is 9.10. The molecule has 0 bridgehead atoms. The van der Waals surface area contributed by atoms with E-state index in [1.54, 1.807) is 0 Å². The minimum absolute atomic E-state index is 0.00898. The lowest BCUT2D eigenvalue weighted by Gasteiger charge is -2.35. The number of carbonyl (C=O) groups is 2. The van der Waals surface area contributed by atoms with E-state index in [9.17, 15) is 9.59 Å². The number of halogens is 1. The Balaban J connectivity index is 1.95. The van der Waals surface area contributed by atoms with Gasteiger partial charge in [0.2, 0.25) is 5.91 Å². The van der Waals surface area contributed by atoms with E-state index >= 15 is 0 Å². The van der Waals surface area contributed by atoms with Crippen LogP contribution in [0.5, 0.6) is 0 Å². The zero-order valence-corrected chi connectivity index (χ0v) is 16.8. The molecular formula is C20H24BrN3O2. The molecule has 2 heterocycles. The van der Waals surface area contributed by atoms with Gasteiger partial charge in [-0.3, -0.25) is 9.59 Å². The fraction of sp³-hybridized carbons (Fsp3) is 0.400. The number of hydrogen-bond acceptors (Lipinski definition) is 2. The first-order chi connectivity index (χ1) is 12.4. The molecule has 2 N–H and O–H groups in total. The van der Waals surface area contributed by atoms with Crippen molar-refractivity contribution >= 4 is 27.7 Å². The van der Waals surface area contributed by atoms with Crippen LogP contribution in [0.15, 0.2) is 34.8 Å². The van der Waals surface area contributed by atoms with Crippen LogP contribution in [0.2, 0.25) is 0 Å². The summed E-state index contributed by atoms with van der Waals surface area (Å²) in [5, 5.41) is 0. The molecule has 1 aromatic heterocycles. The average molecular weight is 418 g/mol. The number of benzene rings is 1. The molecule has 0 saturated carbocycles. The molecule has 0 aliphatic carbocycles. The Morgan fingerprint density at radius 2 is 2.00 bits per heavy atom. The zero-order chi connectivity index (χ0) is 18.8. The van der Waals surface area contributed by atoms with Crippen LogP contribution in [0.3, 0.4) is 0 Å². The van der Waals surface area contributed by atoms with Gasteiger partial charge >= 0.3 is 0 Å². The normalized spacial score (nSPS) is 17.3. The molecule has 1 unspecified atom stereocenters. The van der Waals surface area contributed by atoms with Crippen molar-refractivity contribution in [2.45, 2.75) is 45.6 Å². The number of piperidine rings is 1. The van der Waals surface area contributed by atoms with Crippen LogP contribution >= 0.6 is 15.9 Å². The summed E-state index contributed by atoms with van der Waals surface area (Å²) >= 11 is 3.51. The molecule has 26 heavy (non-hydrogen) atoms. The summed E-state index contributed by atoms with van der Waals surface area (Å²) in [5.41, 5.74) is 9.01. The fourth-order valence-corrected chi connectivity index (χ4v) is 4.25. The van der Waals surface area contributed by atoms with E-state index in [0.717, 1.165) is 40.8 Å². The van der Waals surface area contributed by atoms with Gasteiger partial charge in [-0.1, -0.05) is 22.0 Å². The van der Waals surface area contributed by atoms with E-state index in [1.807, 2.05) is 49.1 Å². The molecule has 1 saturated heterocycles. The van der Waals surface area contributed by atoms with Crippen molar-refractivity contribution in [3.8, 4) is 5.69 Å². The molecule has 5 nitrogen and oxygen atoms in total. The topological polar surface area (TPSA) is 68.3 Å². The Bertz CT molecular complexity index is 844. The van der Waals surface area contributed by atoms with E-state index < -0.39 is 0 Å². The molecule has 1 aromatic carbocycles. The Hall–Kier alpha value is -2.08. The summed E-state index contributed by atoms with van der Waals surface area (Å²) in [6, 6.07) is 9.86. The number of amides is 2. The fourth-order valence-electron chi connectivity index (χ4n) is 3.86. The first-order valence-electron chi connectivity index (χ1n) is 8.92. The Labute approximate surface area is 162 Å². The lowest BCUT2D eigenvalue weighted by Crippen LogP contribution is -2.45. The quantitative estimate of drug-likeness (QED) is 0.822. The van der Waals surface area contributed by atoms with Crippen LogP contribution in [0.4, 0.5) is 0 Å². The summed E-state index contributed by atoms with van der Waals surface area (Å²) in [6.45, 7) is 4.65. The first-order valence-corrected chi connectivity index (χ1v) is 9.72. The molecule has 2 aromatic rings. The van der Waals surface area contributed by atoms with Gasteiger partial charge in [0.05, 0.1) is 5.56 Å². The smallest absolute Gasteiger partial charge is 0.255 e. The van der Waals surface area contributed by atoms with Gasteiger partial charge in [0.1, 0.15) is 0 Å². The van der Waals surface area contributed by atoms with Crippen molar-refractivity contribution in [2.75, 3.05) is 6.54 Å². The SMILES string of the molecule is Cc1cc(C(=O)N2CCCCC2CC(N)=O)c(C)n1-c1cccc(Br)c1. The number of aryl methyl sites for hydroxylation is 1. The molecule has 0 spiro atoms. The number of nitrogens with two attached hydrogens (primary N) is 1. The van der Waals surface area contributed by atoms with Gasteiger partial charge in [-0.15, -0.1) is 0 Å². The number of hydrogen-bond donors (Lipinski definition) is 1. The number of carbonyl (C=O) groups excluding carboxylic acids is 2. The van der Waals surface area contributed by atoms with Gasteiger partial charge in [0.25, 0.3) is 5.91 Å². The van der Waals surface area contributed by atoms with Crippen LogP contribution in [0.25, 0.3) is 5.69 Å². The second-order valence-electron chi connectivity index (χ2n) is 6.92. The van der Waals surface area contributed by atoms with Gasteiger partial charge in [0.15, 0.2) is 0 Å². The number of aromatic nitrogens is 1. The van der Waals surface area contributed by atoms with Crippen LogP contribution in [0, 0.1) is 13.8 Å². The predicted octanol–water partition coefficient (Wildman–Crippen LogP) is 3.73. The number of primary amides is 1. The van der Waals surface area contributed by atoms with Gasteiger partial charge in [-0.2, -0.15) is 0 Å². The highest BCUT2D eigenvalue weighted by atomic mass is 79.9. The molecule has 1 atom stereocenters. The first kappa shape index (κ1) is 18.7. The Kier molecular flexibility index (Phi) is 5.51. The molecule has 0 radical (unpaired) electrons. The molecular weight excluding hydrogens is 394 g/mol.